The van der Waals surface area contributed by atoms with Gasteiger partial charge in [0.15, 0.2) is 6.04 Å². The molecule has 1 amide bonds. The van der Waals surface area contributed by atoms with Crippen LogP contribution < -0.4 is 5.43 Å². The maximum atomic E-state index is 13.9. The molecule has 0 saturated carbocycles. The summed E-state index contributed by atoms with van der Waals surface area (Å²) in [5.74, 6) is -0.406. The van der Waals surface area contributed by atoms with Crippen LogP contribution in [0, 0.1) is 5.41 Å². The molecule has 1 saturated heterocycles. The van der Waals surface area contributed by atoms with Crippen LogP contribution in [-0.4, -0.2) is 23.6 Å². The van der Waals surface area contributed by atoms with Gasteiger partial charge in [0.1, 0.15) is 0 Å². The zero-order chi connectivity index (χ0) is 17.7. The summed E-state index contributed by atoms with van der Waals surface area (Å²) in [5.41, 5.74) is 1.64. The second-order valence-corrected chi connectivity index (χ2v) is 7.44. The summed E-state index contributed by atoms with van der Waals surface area (Å²) in [6, 6.07) is 8.18. The third-order valence-electron chi connectivity index (χ3n) is 4.23. The standard InChI is InChI=1S/C17H16BrF3N2O/c1-16(2)9-23(22-15(16)24)14(17(19,20)21)11-7-3-5-10-6-4-8-12(18)13(10)11/h3-8,14H,9H2,1-2H3,(H,22,24). The minimum atomic E-state index is -4.53. The molecule has 0 aliphatic carbocycles. The van der Waals surface area contributed by atoms with Gasteiger partial charge in [0.2, 0.25) is 5.91 Å². The fourth-order valence-electron chi connectivity index (χ4n) is 3.05. The molecule has 1 unspecified atom stereocenters. The fourth-order valence-corrected chi connectivity index (χ4v) is 3.66. The maximum absolute atomic E-state index is 13.9. The monoisotopic (exact) mass is 400 g/mol. The van der Waals surface area contributed by atoms with Gasteiger partial charge < -0.3 is 0 Å². The number of nitrogens with zero attached hydrogens (tertiary/aromatic N) is 1. The first kappa shape index (κ1) is 17.2. The molecule has 0 spiro atoms. The Morgan fingerprint density at radius 1 is 1.21 bits per heavy atom. The highest BCUT2D eigenvalue weighted by Crippen LogP contribution is 2.44. The lowest BCUT2D eigenvalue weighted by Gasteiger charge is -2.30. The second kappa shape index (κ2) is 5.74. The van der Waals surface area contributed by atoms with Gasteiger partial charge in [0.05, 0.1) is 5.41 Å². The maximum Gasteiger partial charge on any atom is 0.409 e. The third-order valence-corrected chi connectivity index (χ3v) is 4.89. The number of rotatable bonds is 2. The highest BCUT2D eigenvalue weighted by Gasteiger charge is 2.51. The summed E-state index contributed by atoms with van der Waals surface area (Å²) in [6.07, 6.45) is -4.53. The minimum Gasteiger partial charge on any atom is -0.287 e. The van der Waals surface area contributed by atoms with Crippen LogP contribution in [0.1, 0.15) is 25.5 Å². The summed E-state index contributed by atoms with van der Waals surface area (Å²) >= 11 is 3.35. The van der Waals surface area contributed by atoms with Crippen molar-refractivity contribution >= 4 is 32.6 Å². The van der Waals surface area contributed by atoms with Crippen molar-refractivity contribution in [3.05, 3.63) is 46.4 Å². The number of carbonyl (C=O) groups is 1. The number of fused-ring (bicyclic) bond motifs is 1. The average molecular weight is 401 g/mol. The van der Waals surface area contributed by atoms with E-state index in [1.54, 1.807) is 44.2 Å². The SMILES string of the molecule is CC1(C)CN(C(c2cccc3cccc(Br)c23)C(F)(F)F)NC1=O. The number of carbonyl (C=O) groups excluding carboxylic acids is 1. The van der Waals surface area contributed by atoms with Crippen molar-refractivity contribution in [3.63, 3.8) is 0 Å². The van der Waals surface area contributed by atoms with E-state index in [0.29, 0.717) is 15.2 Å². The van der Waals surface area contributed by atoms with E-state index in [1.807, 2.05) is 0 Å². The van der Waals surface area contributed by atoms with E-state index in [9.17, 15) is 18.0 Å². The van der Waals surface area contributed by atoms with Gasteiger partial charge in [-0.05, 0) is 30.9 Å². The number of hydrogen-bond acceptors (Lipinski definition) is 2. The third kappa shape index (κ3) is 2.91. The molecule has 1 N–H and O–H groups in total. The van der Waals surface area contributed by atoms with Gasteiger partial charge in [-0.3, -0.25) is 10.2 Å². The smallest absolute Gasteiger partial charge is 0.287 e. The molecule has 1 fully saturated rings. The van der Waals surface area contributed by atoms with Crippen molar-refractivity contribution in [2.45, 2.75) is 26.1 Å². The molecule has 1 aliphatic heterocycles. The predicted molar refractivity (Wildman–Crippen MR) is 89.1 cm³/mol. The van der Waals surface area contributed by atoms with Crippen molar-refractivity contribution in [2.75, 3.05) is 6.54 Å². The van der Waals surface area contributed by atoms with E-state index in [1.165, 1.54) is 6.07 Å². The van der Waals surface area contributed by atoms with Crippen LogP contribution >= 0.6 is 15.9 Å². The normalized spacial score (nSPS) is 19.5. The lowest BCUT2D eigenvalue weighted by atomic mass is 9.93. The molecule has 2 aromatic carbocycles. The highest BCUT2D eigenvalue weighted by atomic mass is 79.9. The largest absolute Gasteiger partial charge is 0.409 e. The van der Waals surface area contributed by atoms with E-state index in [4.69, 9.17) is 0 Å². The average Bonchev–Trinajstić information content (AvgIpc) is 2.71. The number of nitrogens with one attached hydrogen (secondary N) is 1. The molecule has 3 rings (SSSR count). The lowest BCUT2D eigenvalue weighted by molar-refractivity contribution is -0.191. The van der Waals surface area contributed by atoms with E-state index in [2.05, 4.69) is 21.4 Å². The van der Waals surface area contributed by atoms with Crippen molar-refractivity contribution < 1.29 is 18.0 Å². The van der Waals surface area contributed by atoms with Gasteiger partial charge in [-0.15, -0.1) is 0 Å². The highest BCUT2D eigenvalue weighted by molar-refractivity contribution is 9.10. The zero-order valence-corrected chi connectivity index (χ0v) is 14.7. The Morgan fingerprint density at radius 3 is 2.38 bits per heavy atom. The molecule has 7 heteroatoms. The first-order chi connectivity index (χ1) is 11.1. The summed E-state index contributed by atoms with van der Waals surface area (Å²) < 4.78 is 42.3. The molecule has 2 aromatic rings. The lowest BCUT2D eigenvalue weighted by Crippen LogP contribution is -2.43. The molecule has 24 heavy (non-hydrogen) atoms. The summed E-state index contributed by atoms with van der Waals surface area (Å²) in [7, 11) is 0. The van der Waals surface area contributed by atoms with Gasteiger partial charge in [-0.2, -0.15) is 13.2 Å². The molecule has 1 aliphatic rings. The minimum absolute atomic E-state index is 0.0170. The Balaban J connectivity index is 2.18. The van der Waals surface area contributed by atoms with Crippen molar-refractivity contribution in [1.29, 1.82) is 0 Å². The van der Waals surface area contributed by atoms with Crippen molar-refractivity contribution in [1.82, 2.24) is 10.4 Å². The topological polar surface area (TPSA) is 32.3 Å². The number of hydrogen-bond donors (Lipinski definition) is 1. The van der Waals surface area contributed by atoms with E-state index >= 15 is 0 Å². The number of amides is 1. The van der Waals surface area contributed by atoms with Crippen LogP contribution in [0.5, 0.6) is 0 Å². The fraction of sp³-hybridized carbons (Fsp3) is 0.353. The first-order valence-electron chi connectivity index (χ1n) is 7.43. The van der Waals surface area contributed by atoms with E-state index in [0.717, 1.165) is 5.01 Å². The summed E-state index contributed by atoms with van der Waals surface area (Å²) in [4.78, 5) is 12.0. The quantitative estimate of drug-likeness (QED) is 0.799. The Morgan fingerprint density at radius 2 is 1.83 bits per heavy atom. The van der Waals surface area contributed by atoms with Gasteiger partial charge in [0.25, 0.3) is 0 Å². The van der Waals surface area contributed by atoms with Gasteiger partial charge in [0, 0.05) is 16.4 Å². The summed E-state index contributed by atoms with van der Waals surface area (Å²) in [5, 5.41) is 2.21. The van der Waals surface area contributed by atoms with Gasteiger partial charge >= 0.3 is 6.18 Å². The zero-order valence-electron chi connectivity index (χ0n) is 13.1. The molecule has 0 bridgehead atoms. The Hall–Kier alpha value is -1.60. The number of alkyl halides is 3. The molecule has 3 nitrogen and oxygen atoms in total. The molecule has 0 aromatic heterocycles. The van der Waals surface area contributed by atoms with Crippen LogP contribution in [0.2, 0.25) is 0 Å². The summed E-state index contributed by atoms with van der Waals surface area (Å²) in [6.45, 7) is 3.25. The van der Waals surface area contributed by atoms with Crippen LogP contribution in [0.25, 0.3) is 10.8 Å². The molecular formula is C17H16BrF3N2O. The molecule has 128 valence electrons. The number of hydrazine groups is 1. The second-order valence-electron chi connectivity index (χ2n) is 6.58. The molecule has 1 heterocycles. The number of benzene rings is 2. The molecule has 1 atom stereocenters. The molecular weight excluding hydrogens is 385 g/mol. The van der Waals surface area contributed by atoms with Gasteiger partial charge in [-0.25, -0.2) is 5.01 Å². The Labute approximate surface area is 145 Å². The van der Waals surface area contributed by atoms with Crippen LogP contribution in [0.15, 0.2) is 40.9 Å². The number of halogens is 4. The Bertz CT molecular complexity index is 799. The first-order valence-corrected chi connectivity index (χ1v) is 8.22. The van der Waals surface area contributed by atoms with Crippen molar-refractivity contribution in [2.24, 2.45) is 5.41 Å². The van der Waals surface area contributed by atoms with E-state index in [-0.39, 0.29) is 12.1 Å². The van der Waals surface area contributed by atoms with Crippen molar-refractivity contribution in [3.8, 4) is 0 Å². The van der Waals surface area contributed by atoms with Crippen LogP contribution in [0.4, 0.5) is 13.2 Å². The van der Waals surface area contributed by atoms with E-state index < -0.39 is 23.5 Å². The van der Waals surface area contributed by atoms with Gasteiger partial charge in [-0.1, -0.05) is 46.3 Å². The van der Waals surface area contributed by atoms with Crippen LogP contribution in [-0.2, 0) is 4.79 Å². The predicted octanol–water partition coefficient (Wildman–Crippen LogP) is 4.58. The Kier molecular flexibility index (Phi) is 4.12. The molecule has 0 radical (unpaired) electrons. The van der Waals surface area contributed by atoms with Crippen LogP contribution in [0.3, 0.4) is 0 Å².